The van der Waals surface area contributed by atoms with E-state index in [9.17, 15) is 4.79 Å². The van der Waals surface area contributed by atoms with Gasteiger partial charge in [-0.25, -0.2) is 0 Å². The fourth-order valence-corrected chi connectivity index (χ4v) is 4.51. The molecule has 3 rings (SSSR count). The van der Waals surface area contributed by atoms with Gasteiger partial charge in [-0.3, -0.25) is 4.79 Å². The molecule has 0 aliphatic heterocycles. The highest BCUT2D eigenvalue weighted by Gasteiger charge is 2.30. The van der Waals surface area contributed by atoms with Gasteiger partial charge in [-0.1, -0.05) is 45.0 Å². The highest BCUT2D eigenvalue weighted by atomic mass is 16.5. The van der Waals surface area contributed by atoms with Crippen molar-refractivity contribution in [1.29, 1.82) is 0 Å². The Morgan fingerprint density at radius 2 is 1.81 bits per heavy atom. The number of carbonyl (C=O) groups is 1. The van der Waals surface area contributed by atoms with E-state index >= 15 is 0 Å². The average Bonchev–Trinajstić information content (AvgIpc) is 2.71. The third kappa shape index (κ3) is 7.10. The maximum atomic E-state index is 10.7. The van der Waals surface area contributed by atoms with Gasteiger partial charge in [0.25, 0.3) is 0 Å². The zero-order chi connectivity index (χ0) is 22.4. The molecular formula is C27H37NO3. The predicted molar refractivity (Wildman–Crippen MR) is 126 cm³/mol. The van der Waals surface area contributed by atoms with Gasteiger partial charge in [-0.2, -0.15) is 0 Å². The van der Waals surface area contributed by atoms with E-state index in [4.69, 9.17) is 9.84 Å². The van der Waals surface area contributed by atoms with Crippen LogP contribution < -0.4 is 10.1 Å². The molecule has 31 heavy (non-hydrogen) atoms. The molecule has 2 N–H and O–H groups in total. The number of hydrogen-bond acceptors (Lipinski definition) is 3. The first kappa shape index (κ1) is 23.3. The van der Waals surface area contributed by atoms with Crippen LogP contribution in [0.25, 0.3) is 11.1 Å². The lowest BCUT2D eigenvalue weighted by Gasteiger charge is -2.37. The molecule has 168 valence electrons. The summed E-state index contributed by atoms with van der Waals surface area (Å²) in [6.45, 7) is 10.3. The number of aryl methyl sites for hydroxylation is 1. The third-order valence-corrected chi connectivity index (χ3v) is 6.36. The molecule has 2 aromatic carbocycles. The van der Waals surface area contributed by atoms with Crippen LogP contribution in [0.1, 0.15) is 64.0 Å². The summed E-state index contributed by atoms with van der Waals surface area (Å²) in [5, 5.41) is 12.0. The van der Waals surface area contributed by atoms with Crippen LogP contribution in [-0.4, -0.2) is 23.7 Å². The van der Waals surface area contributed by atoms with Crippen molar-refractivity contribution >= 4 is 5.97 Å². The van der Waals surface area contributed by atoms with Crippen molar-refractivity contribution in [2.45, 2.75) is 72.4 Å². The molecule has 0 unspecified atom stereocenters. The second-order valence-corrected chi connectivity index (χ2v) is 10.0. The van der Waals surface area contributed by atoms with Gasteiger partial charge in [0, 0.05) is 13.1 Å². The average molecular weight is 424 g/mol. The van der Waals surface area contributed by atoms with Gasteiger partial charge in [0.1, 0.15) is 5.75 Å². The van der Waals surface area contributed by atoms with Crippen molar-refractivity contribution in [3.63, 3.8) is 0 Å². The molecular weight excluding hydrogens is 386 g/mol. The number of ether oxygens (including phenoxy) is 1. The number of carboxylic acids is 1. The van der Waals surface area contributed by atoms with Crippen molar-refractivity contribution in [3.8, 4) is 16.9 Å². The van der Waals surface area contributed by atoms with Gasteiger partial charge in [0.05, 0.1) is 12.5 Å². The SMILES string of the molecule is Cc1cc(OC2CCC(C(C)(C)C)CC2)cc(-c2cccc(CNCCC(=O)O)c2)c1. The highest BCUT2D eigenvalue weighted by Crippen LogP contribution is 2.39. The molecule has 1 saturated carbocycles. The van der Waals surface area contributed by atoms with Gasteiger partial charge < -0.3 is 15.2 Å². The second-order valence-electron chi connectivity index (χ2n) is 10.0. The number of carboxylic acid groups (broad SMARTS) is 1. The number of nitrogens with one attached hydrogen (secondary N) is 1. The second kappa shape index (κ2) is 10.3. The lowest BCUT2D eigenvalue weighted by molar-refractivity contribution is -0.136. The summed E-state index contributed by atoms with van der Waals surface area (Å²) in [5.74, 6) is 0.965. The molecule has 0 radical (unpaired) electrons. The Labute approximate surface area is 187 Å². The Hall–Kier alpha value is -2.33. The minimum Gasteiger partial charge on any atom is -0.490 e. The largest absolute Gasteiger partial charge is 0.490 e. The van der Waals surface area contributed by atoms with Crippen LogP contribution in [0.2, 0.25) is 0 Å². The van der Waals surface area contributed by atoms with Crippen LogP contribution in [0.3, 0.4) is 0 Å². The van der Waals surface area contributed by atoms with Crippen LogP contribution in [-0.2, 0) is 11.3 Å². The predicted octanol–water partition coefficient (Wildman–Crippen LogP) is 6.21. The van der Waals surface area contributed by atoms with Gasteiger partial charge in [-0.05, 0) is 84.4 Å². The van der Waals surface area contributed by atoms with Gasteiger partial charge >= 0.3 is 5.97 Å². The summed E-state index contributed by atoms with van der Waals surface area (Å²) in [6.07, 6.45) is 5.17. The Kier molecular flexibility index (Phi) is 7.77. The van der Waals surface area contributed by atoms with E-state index in [1.807, 2.05) is 0 Å². The van der Waals surface area contributed by atoms with E-state index in [1.165, 1.54) is 18.4 Å². The molecule has 0 spiro atoms. The monoisotopic (exact) mass is 423 g/mol. The van der Waals surface area contributed by atoms with E-state index < -0.39 is 5.97 Å². The Balaban J connectivity index is 1.65. The van der Waals surface area contributed by atoms with E-state index in [-0.39, 0.29) is 6.42 Å². The zero-order valence-corrected chi connectivity index (χ0v) is 19.4. The van der Waals surface area contributed by atoms with Crippen LogP contribution in [0, 0.1) is 18.3 Å². The molecule has 0 saturated heterocycles. The fourth-order valence-electron chi connectivity index (χ4n) is 4.51. The number of rotatable bonds is 8. The number of aliphatic carboxylic acids is 1. The summed E-state index contributed by atoms with van der Waals surface area (Å²) in [6, 6.07) is 14.9. The van der Waals surface area contributed by atoms with Crippen LogP contribution >= 0.6 is 0 Å². The van der Waals surface area contributed by atoms with Crippen molar-refractivity contribution < 1.29 is 14.6 Å². The Bertz CT molecular complexity index is 876. The quantitative estimate of drug-likeness (QED) is 0.496. The van der Waals surface area contributed by atoms with Crippen LogP contribution in [0.5, 0.6) is 5.75 Å². The summed E-state index contributed by atoms with van der Waals surface area (Å²) < 4.78 is 6.42. The first-order valence-electron chi connectivity index (χ1n) is 11.5. The van der Waals surface area contributed by atoms with E-state index in [0.29, 0.717) is 24.6 Å². The molecule has 1 aliphatic rings. The first-order valence-corrected chi connectivity index (χ1v) is 11.5. The molecule has 0 amide bonds. The Morgan fingerprint density at radius 1 is 1.06 bits per heavy atom. The lowest BCUT2D eigenvalue weighted by Crippen LogP contribution is -2.30. The fraction of sp³-hybridized carbons (Fsp3) is 0.519. The van der Waals surface area contributed by atoms with Crippen LogP contribution in [0.4, 0.5) is 0 Å². The molecule has 0 heterocycles. The maximum absolute atomic E-state index is 10.7. The summed E-state index contributed by atoms with van der Waals surface area (Å²) in [7, 11) is 0. The molecule has 2 aromatic rings. The standard InChI is InChI=1S/C27H37NO3/c1-19-14-22(21-7-5-6-20(16-21)18-28-13-12-26(29)30)17-25(15-19)31-24-10-8-23(9-11-24)27(2,3)4/h5-7,14-17,23-24,28H,8-13,18H2,1-4H3,(H,29,30). The van der Waals surface area contributed by atoms with Crippen molar-refractivity contribution in [3.05, 3.63) is 53.6 Å². The molecule has 0 aromatic heterocycles. The molecule has 0 atom stereocenters. The molecule has 1 aliphatic carbocycles. The van der Waals surface area contributed by atoms with Crippen LogP contribution in [0.15, 0.2) is 42.5 Å². The lowest BCUT2D eigenvalue weighted by atomic mass is 9.72. The molecule has 4 nitrogen and oxygen atoms in total. The molecule has 0 bridgehead atoms. The van der Waals surface area contributed by atoms with Gasteiger partial charge in [0.15, 0.2) is 0 Å². The van der Waals surface area contributed by atoms with Crippen molar-refractivity contribution in [2.75, 3.05) is 6.54 Å². The van der Waals surface area contributed by atoms with Gasteiger partial charge in [-0.15, -0.1) is 0 Å². The van der Waals surface area contributed by atoms with E-state index in [2.05, 4.69) is 75.5 Å². The minimum absolute atomic E-state index is 0.135. The van der Waals surface area contributed by atoms with Crippen molar-refractivity contribution in [2.24, 2.45) is 11.3 Å². The smallest absolute Gasteiger partial charge is 0.304 e. The first-order chi connectivity index (χ1) is 14.7. The zero-order valence-electron chi connectivity index (χ0n) is 19.4. The van der Waals surface area contributed by atoms with Crippen molar-refractivity contribution in [1.82, 2.24) is 5.32 Å². The van der Waals surface area contributed by atoms with E-state index in [0.717, 1.165) is 41.2 Å². The Morgan fingerprint density at radius 3 is 2.48 bits per heavy atom. The third-order valence-electron chi connectivity index (χ3n) is 6.36. The summed E-state index contributed by atoms with van der Waals surface area (Å²) >= 11 is 0. The van der Waals surface area contributed by atoms with Gasteiger partial charge in [0.2, 0.25) is 0 Å². The van der Waals surface area contributed by atoms with E-state index in [1.54, 1.807) is 0 Å². The number of benzene rings is 2. The normalized spacial score (nSPS) is 19.2. The summed E-state index contributed by atoms with van der Waals surface area (Å²) in [4.78, 5) is 10.7. The topological polar surface area (TPSA) is 58.6 Å². The highest BCUT2D eigenvalue weighted by molar-refractivity contribution is 5.67. The maximum Gasteiger partial charge on any atom is 0.304 e. The number of hydrogen-bond donors (Lipinski definition) is 2. The summed E-state index contributed by atoms with van der Waals surface area (Å²) in [5.41, 5.74) is 5.04. The molecule has 1 fully saturated rings. The molecule has 4 heteroatoms. The minimum atomic E-state index is -0.777.